The van der Waals surface area contributed by atoms with Crippen LogP contribution in [-0.2, 0) is 0 Å². The maximum atomic E-state index is 5.61. The topological polar surface area (TPSA) is 78.3 Å². The van der Waals surface area contributed by atoms with Crippen LogP contribution in [0.1, 0.15) is 12.6 Å². The molecule has 0 aliphatic rings. The van der Waals surface area contributed by atoms with Crippen LogP contribution in [0.25, 0.3) is 5.78 Å². The summed E-state index contributed by atoms with van der Waals surface area (Å²) >= 11 is 0. The van der Waals surface area contributed by atoms with Crippen LogP contribution in [0.5, 0.6) is 5.88 Å². The van der Waals surface area contributed by atoms with Crippen LogP contribution in [0.15, 0.2) is 12.4 Å². The zero-order chi connectivity index (χ0) is 10.8. The van der Waals surface area contributed by atoms with E-state index < -0.39 is 0 Å². The number of aryl methyl sites for hydroxylation is 1. The molecule has 0 radical (unpaired) electrons. The highest BCUT2D eigenvalue weighted by molar-refractivity contribution is 5.32. The second kappa shape index (κ2) is 3.82. The van der Waals surface area contributed by atoms with Crippen molar-refractivity contribution in [2.75, 3.05) is 6.61 Å². The van der Waals surface area contributed by atoms with E-state index in [2.05, 4.69) is 15.1 Å². The molecule has 2 aromatic heterocycles. The van der Waals surface area contributed by atoms with Crippen LogP contribution >= 0.6 is 0 Å². The van der Waals surface area contributed by atoms with Gasteiger partial charge in [-0.1, -0.05) is 0 Å². The van der Waals surface area contributed by atoms with Crippen LogP contribution < -0.4 is 10.5 Å². The third kappa shape index (κ3) is 2.04. The number of rotatable bonds is 3. The molecule has 0 saturated carbocycles. The Bertz CT molecular complexity index is 464. The van der Waals surface area contributed by atoms with E-state index in [1.165, 1.54) is 6.33 Å². The summed E-state index contributed by atoms with van der Waals surface area (Å²) in [7, 11) is 0. The van der Waals surface area contributed by atoms with E-state index in [1.807, 2.05) is 19.9 Å². The summed E-state index contributed by atoms with van der Waals surface area (Å²) in [5, 5.41) is 4.01. The molecule has 0 saturated heterocycles. The summed E-state index contributed by atoms with van der Waals surface area (Å²) in [5.74, 6) is 1.15. The quantitative estimate of drug-likeness (QED) is 0.775. The third-order valence-electron chi connectivity index (χ3n) is 1.84. The molecule has 0 aliphatic carbocycles. The Labute approximate surface area is 87.1 Å². The molecule has 2 N–H and O–H groups in total. The second-order valence-electron chi connectivity index (χ2n) is 3.50. The van der Waals surface area contributed by atoms with Gasteiger partial charge in [-0.2, -0.15) is 14.6 Å². The first-order valence-corrected chi connectivity index (χ1v) is 4.72. The van der Waals surface area contributed by atoms with Crippen molar-refractivity contribution in [3.05, 3.63) is 18.1 Å². The molecule has 0 amide bonds. The van der Waals surface area contributed by atoms with Gasteiger partial charge in [0.2, 0.25) is 5.88 Å². The molecule has 0 fully saturated rings. The maximum absolute atomic E-state index is 5.61. The lowest BCUT2D eigenvalue weighted by Crippen LogP contribution is -2.24. The van der Waals surface area contributed by atoms with E-state index in [9.17, 15) is 0 Å². The molecular weight excluding hydrogens is 194 g/mol. The van der Waals surface area contributed by atoms with Crippen LogP contribution in [0.4, 0.5) is 0 Å². The largest absolute Gasteiger partial charge is 0.476 e. The molecule has 80 valence electrons. The van der Waals surface area contributed by atoms with Gasteiger partial charge < -0.3 is 10.5 Å². The number of hydrogen-bond donors (Lipinski definition) is 1. The predicted molar refractivity (Wildman–Crippen MR) is 54.7 cm³/mol. The first-order chi connectivity index (χ1) is 7.16. The van der Waals surface area contributed by atoms with Crippen molar-refractivity contribution in [3.63, 3.8) is 0 Å². The smallest absolute Gasteiger partial charge is 0.255 e. The molecule has 0 unspecified atom stereocenters. The first kappa shape index (κ1) is 9.85. The molecule has 0 spiro atoms. The van der Waals surface area contributed by atoms with Crippen LogP contribution in [0.2, 0.25) is 0 Å². The fourth-order valence-corrected chi connectivity index (χ4v) is 1.22. The number of nitrogens with zero attached hydrogens (tertiary/aromatic N) is 4. The lowest BCUT2D eigenvalue weighted by Gasteiger charge is -2.09. The van der Waals surface area contributed by atoms with Gasteiger partial charge in [0.05, 0.1) is 0 Å². The van der Waals surface area contributed by atoms with Crippen LogP contribution in [0.3, 0.4) is 0 Å². The Balaban J connectivity index is 2.35. The molecule has 1 atom stereocenters. The Kier molecular flexibility index (Phi) is 2.51. The highest BCUT2D eigenvalue weighted by atomic mass is 16.5. The standard InChI is InChI=1S/C9H13N5O/c1-6(10)4-15-8-3-7(2)13-9-11-5-12-14(8)9/h3,5-6H,4,10H2,1-2H3/t6-/m0/s1. The maximum Gasteiger partial charge on any atom is 0.255 e. The first-order valence-electron chi connectivity index (χ1n) is 4.72. The van der Waals surface area contributed by atoms with Gasteiger partial charge >= 0.3 is 0 Å². The van der Waals surface area contributed by atoms with Crippen molar-refractivity contribution < 1.29 is 4.74 Å². The normalized spacial score (nSPS) is 13.0. The minimum absolute atomic E-state index is 0.0166. The molecule has 0 aliphatic heterocycles. The van der Waals surface area contributed by atoms with E-state index in [-0.39, 0.29) is 6.04 Å². The highest BCUT2D eigenvalue weighted by Crippen LogP contribution is 2.12. The van der Waals surface area contributed by atoms with Gasteiger partial charge in [0.25, 0.3) is 5.78 Å². The molecule has 2 rings (SSSR count). The highest BCUT2D eigenvalue weighted by Gasteiger charge is 2.06. The van der Waals surface area contributed by atoms with Crippen molar-refractivity contribution in [1.29, 1.82) is 0 Å². The number of hydrogen-bond acceptors (Lipinski definition) is 5. The van der Waals surface area contributed by atoms with Gasteiger partial charge in [-0.15, -0.1) is 0 Å². The molecule has 2 heterocycles. The Morgan fingerprint density at radius 1 is 1.60 bits per heavy atom. The van der Waals surface area contributed by atoms with Gasteiger partial charge in [-0.25, -0.2) is 4.98 Å². The van der Waals surface area contributed by atoms with E-state index in [4.69, 9.17) is 10.5 Å². The zero-order valence-corrected chi connectivity index (χ0v) is 8.71. The van der Waals surface area contributed by atoms with Crippen molar-refractivity contribution in [1.82, 2.24) is 19.6 Å². The van der Waals surface area contributed by atoms with Crippen LogP contribution in [0, 0.1) is 6.92 Å². The zero-order valence-electron chi connectivity index (χ0n) is 8.71. The van der Waals surface area contributed by atoms with Gasteiger partial charge in [-0.05, 0) is 13.8 Å². The average Bonchev–Trinajstić information content (AvgIpc) is 2.61. The Hall–Kier alpha value is -1.69. The molecule has 0 aromatic carbocycles. The van der Waals surface area contributed by atoms with Crippen LogP contribution in [-0.4, -0.2) is 32.2 Å². The average molecular weight is 207 g/mol. The monoisotopic (exact) mass is 207 g/mol. The lowest BCUT2D eigenvalue weighted by atomic mass is 10.4. The summed E-state index contributed by atoms with van der Waals surface area (Å²) in [5.41, 5.74) is 6.45. The van der Waals surface area contributed by atoms with Crippen molar-refractivity contribution in [2.45, 2.75) is 19.9 Å². The third-order valence-corrected chi connectivity index (χ3v) is 1.84. The van der Waals surface area contributed by atoms with Crippen molar-refractivity contribution in [2.24, 2.45) is 5.73 Å². The van der Waals surface area contributed by atoms with Gasteiger partial charge in [0, 0.05) is 17.8 Å². The van der Waals surface area contributed by atoms with E-state index in [0.717, 1.165) is 5.69 Å². The summed E-state index contributed by atoms with van der Waals surface area (Å²) in [4.78, 5) is 8.20. The molecule has 2 aromatic rings. The van der Waals surface area contributed by atoms with Crippen molar-refractivity contribution in [3.8, 4) is 5.88 Å². The van der Waals surface area contributed by atoms with E-state index in [1.54, 1.807) is 4.52 Å². The second-order valence-corrected chi connectivity index (χ2v) is 3.50. The fraction of sp³-hybridized carbons (Fsp3) is 0.444. The molecule has 6 nitrogen and oxygen atoms in total. The molecular formula is C9H13N5O. The Morgan fingerprint density at radius 3 is 3.13 bits per heavy atom. The summed E-state index contributed by atoms with van der Waals surface area (Å²) in [6, 6.07) is 1.79. The summed E-state index contributed by atoms with van der Waals surface area (Å²) < 4.78 is 7.07. The molecule has 15 heavy (non-hydrogen) atoms. The SMILES string of the molecule is Cc1cc(OC[C@H](C)N)n2ncnc2n1. The minimum atomic E-state index is -0.0166. The Morgan fingerprint density at radius 2 is 2.40 bits per heavy atom. The summed E-state index contributed by atoms with van der Waals surface area (Å²) in [6.45, 7) is 4.21. The van der Waals surface area contributed by atoms with E-state index in [0.29, 0.717) is 18.3 Å². The van der Waals surface area contributed by atoms with Gasteiger partial charge in [-0.3, -0.25) is 0 Å². The summed E-state index contributed by atoms with van der Waals surface area (Å²) in [6.07, 6.45) is 1.44. The minimum Gasteiger partial charge on any atom is -0.476 e. The fourth-order valence-electron chi connectivity index (χ4n) is 1.22. The predicted octanol–water partition coefficient (Wildman–Crippen LogP) is 0.159. The van der Waals surface area contributed by atoms with E-state index >= 15 is 0 Å². The number of fused-ring (bicyclic) bond motifs is 1. The number of aromatic nitrogens is 4. The van der Waals surface area contributed by atoms with Gasteiger partial charge in [0.1, 0.15) is 12.9 Å². The number of ether oxygens (including phenoxy) is 1. The molecule has 6 heteroatoms. The molecule has 0 bridgehead atoms. The number of nitrogens with two attached hydrogens (primary N) is 1. The van der Waals surface area contributed by atoms with Crippen molar-refractivity contribution >= 4 is 5.78 Å². The lowest BCUT2D eigenvalue weighted by molar-refractivity contribution is 0.277. The van der Waals surface area contributed by atoms with Gasteiger partial charge in [0.15, 0.2) is 0 Å².